The second-order valence-corrected chi connectivity index (χ2v) is 5.89. The fourth-order valence-electron chi connectivity index (χ4n) is 2.58. The van der Waals surface area contributed by atoms with E-state index in [-0.39, 0.29) is 10.3 Å². The summed E-state index contributed by atoms with van der Waals surface area (Å²) in [5, 5.41) is 3.41. The van der Waals surface area contributed by atoms with E-state index in [9.17, 15) is 4.79 Å². The molecule has 2 heterocycles. The lowest BCUT2D eigenvalue weighted by Gasteiger charge is -2.17. The van der Waals surface area contributed by atoms with Crippen LogP contribution in [0.2, 0.25) is 0 Å². The predicted molar refractivity (Wildman–Crippen MR) is 72.5 cm³/mol. The molecule has 2 aliphatic rings. The summed E-state index contributed by atoms with van der Waals surface area (Å²) >= 11 is 3.53. The maximum atomic E-state index is 12.1. The minimum absolute atomic E-state index is 0.163. The Kier molecular flexibility index (Phi) is 2.92. The number of H-pyrrole nitrogens is 1. The third kappa shape index (κ3) is 2.11. The lowest BCUT2D eigenvalue weighted by atomic mass is 10.00. The molecule has 1 unspecified atom stereocenters. The van der Waals surface area contributed by atoms with Gasteiger partial charge in [0.25, 0.3) is 0 Å². The molecule has 3 nitrogen and oxygen atoms in total. The summed E-state index contributed by atoms with van der Waals surface area (Å²) in [5.41, 5.74) is 3.08. The van der Waals surface area contributed by atoms with Gasteiger partial charge in [-0.15, -0.1) is 0 Å². The Morgan fingerprint density at radius 2 is 2.29 bits per heavy atom. The highest BCUT2D eigenvalue weighted by molar-refractivity contribution is 9.09. The first-order valence-corrected chi connectivity index (χ1v) is 6.97. The molecule has 4 heteroatoms. The van der Waals surface area contributed by atoms with Gasteiger partial charge in [-0.1, -0.05) is 22.0 Å². The molecule has 0 spiro atoms. The van der Waals surface area contributed by atoms with E-state index in [1.165, 1.54) is 6.42 Å². The van der Waals surface area contributed by atoms with E-state index in [1.807, 2.05) is 6.08 Å². The van der Waals surface area contributed by atoms with Crippen LogP contribution < -0.4 is 10.7 Å². The van der Waals surface area contributed by atoms with Crippen LogP contribution in [-0.4, -0.2) is 16.4 Å². The highest BCUT2D eigenvalue weighted by atomic mass is 79.9. The van der Waals surface area contributed by atoms with Gasteiger partial charge in [0, 0.05) is 33.9 Å². The number of nitrogens with one attached hydrogen (secondary N) is 2. The number of pyridine rings is 1. The molecule has 1 aliphatic heterocycles. The maximum absolute atomic E-state index is 12.1. The predicted octanol–water partition coefficient (Wildman–Crippen LogP) is 2.13. The van der Waals surface area contributed by atoms with Crippen LogP contribution in [0.3, 0.4) is 0 Å². The highest BCUT2D eigenvalue weighted by Crippen LogP contribution is 2.24. The fraction of sp³-hybridized carbons (Fsp3) is 0.462. The van der Waals surface area contributed by atoms with E-state index in [0.29, 0.717) is 6.04 Å². The van der Waals surface area contributed by atoms with Crippen LogP contribution >= 0.6 is 15.9 Å². The van der Waals surface area contributed by atoms with Crippen LogP contribution in [0, 0.1) is 0 Å². The Labute approximate surface area is 108 Å². The Morgan fingerprint density at radius 1 is 1.41 bits per heavy atom. The Hall–Kier alpha value is -0.870. The molecule has 1 aliphatic carbocycles. The topological polar surface area (TPSA) is 44.9 Å². The molecular formula is C13H15BrN2O. The number of alkyl halides is 1. The van der Waals surface area contributed by atoms with Crippen molar-refractivity contribution in [3.05, 3.63) is 39.3 Å². The van der Waals surface area contributed by atoms with Gasteiger partial charge in [0.2, 0.25) is 0 Å². The molecule has 0 radical (unpaired) electrons. The number of hydrogen-bond donors (Lipinski definition) is 2. The van der Waals surface area contributed by atoms with Gasteiger partial charge < -0.3 is 10.3 Å². The van der Waals surface area contributed by atoms with Gasteiger partial charge in [-0.25, -0.2) is 0 Å². The van der Waals surface area contributed by atoms with E-state index < -0.39 is 0 Å². The van der Waals surface area contributed by atoms with Crippen molar-refractivity contribution < 1.29 is 0 Å². The molecule has 17 heavy (non-hydrogen) atoms. The van der Waals surface area contributed by atoms with Crippen LogP contribution in [-0.2, 0) is 6.42 Å². The maximum Gasteiger partial charge on any atom is 0.185 e. The third-order valence-corrected chi connectivity index (χ3v) is 4.12. The molecule has 2 atom stereocenters. The second kappa shape index (κ2) is 4.42. The van der Waals surface area contributed by atoms with Gasteiger partial charge in [-0.05, 0) is 31.9 Å². The van der Waals surface area contributed by atoms with Gasteiger partial charge in [0.15, 0.2) is 5.43 Å². The summed E-state index contributed by atoms with van der Waals surface area (Å²) in [6.45, 7) is 1.04. The molecule has 1 fully saturated rings. The summed E-state index contributed by atoms with van der Waals surface area (Å²) in [5.74, 6) is 0. The van der Waals surface area contributed by atoms with E-state index >= 15 is 0 Å². The number of aromatic nitrogens is 1. The smallest absolute Gasteiger partial charge is 0.185 e. The minimum Gasteiger partial charge on any atom is -0.357 e. The van der Waals surface area contributed by atoms with Crippen molar-refractivity contribution in [2.24, 2.45) is 0 Å². The van der Waals surface area contributed by atoms with Crippen LogP contribution in [0.25, 0.3) is 6.08 Å². The molecule has 1 saturated heterocycles. The quantitative estimate of drug-likeness (QED) is 0.780. The van der Waals surface area contributed by atoms with E-state index in [0.717, 1.165) is 36.3 Å². The average Bonchev–Trinajstić information content (AvgIpc) is 2.83. The second-order valence-electron chi connectivity index (χ2n) is 4.71. The van der Waals surface area contributed by atoms with Crippen LogP contribution in [0.1, 0.15) is 35.8 Å². The molecular weight excluding hydrogens is 280 g/mol. The minimum atomic E-state index is 0.163. The molecule has 0 bridgehead atoms. The summed E-state index contributed by atoms with van der Waals surface area (Å²) < 4.78 is 0. The molecule has 1 aromatic rings. The summed E-state index contributed by atoms with van der Waals surface area (Å²) in [6, 6.07) is 2.09. The molecule has 0 saturated carbocycles. The largest absolute Gasteiger partial charge is 0.357 e. The Morgan fingerprint density at radius 3 is 3.06 bits per heavy atom. The van der Waals surface area contributed by atoms with Gasteiger partial charge >= 0.3 is 0 Å². The van der Waals surface area contributed by atoms with Crippen LogP contribution in [0.5, 0.6) is 0 Å². The summed E-state index contributed by atoms with van der Waals surface area (Å²) in [4.78, 5) is 15.8. The number of fused-ring (bicyclic) bond motifs is 1. The number of rotatable bonds is 1. The Balaban J connectivity index is 2.03. The molecule has 3 rings (SSSR count). The zero-order valence-corrected chi connectivity index (χ0v) is 11.1. The summed E-state index contributed by atoms with van der Waals surface area (Å²) in [7, 11) is 0. The zero-order valence-electron chi connectivity index (χ0n) is 9.50. The van der Waals surface area contributed by atoms with Crippen molar-refractivity contribution in [3.8, 4) is 0 Å². The highest BCUT2D eigenvalue weighted by Gasteiger charge is 2.21. The number of halogens is 1. The van der Waals surface area contributed by atoms with Crippen LogP contribution in [0.4, 0.5) is 0 Å². The average molecular weight is 295 g/mol. The van der Waals surface area contributed by atoms with Crippen molar-refractivity contribution in [2.75, 3.05) is 6.54 Å². The van der Waals surface area contributed by atoms with E-state index in [2.05, 4.69) is 32.3 Å². The zero-order chi connectivity index (χ0) is 11.8. The third-order valence-electron chi connectivity index (χ3n) is 3.49. The van der Waals surface area contributed by atoms with Crippen LogP contribution in [0.15, 0.2) is 16.9 Å². The lowest BCUT2D eigenvalue weighted by Crippen LogP contribution is -2.23. The fourth-order valence-corrected chi connectivity index (χ4v) is 3.06. The Bertz CT molecular complexity index is 515. The number of allylic oxidation sites excluding steroid dienone is 1. The monoisotopic (exact) mass is 294 g/mol. The normalized spacial score (nSPS) is 27.1. The number of hydrogen-bond acceptors (Lipinski definition) is 2. The SMILES string of the molecule is O=c1cc([C@@H]2CCCN2)[nH]c2c1CC(Br)C=C2. The molecule has 2 N–H and O–H groups in total. The first kappa shape index (κ1) is 11.2. The van der Waals surface area contributed by atoms with Gasteiger partial charge in [-0.3, -0.25) is 4.79 Å². The van der Waals surface area contributed by atoms with Crippen molar-refractivity contribution >= 4 is 22.0 Å². The molecule has 1 aromatic heterocycles. The lowest BCUT2D eigenvalue weighted by molar-refractivity contribution is 0.625. The molecule has 0 amide bonds. The number of aromatic amines is 1. The summed E-state index contributed by atoms with van der Waals surface area (Å²) in [6.07, 6.45) is 7.17. The van der Waals surface area contributed by atoms with Crippen molar-refractivity contribution in [3.63, 3.8) is 0 Å². The van der Waals surface area contributed by atoms with Crippen molar-refractivity contribution in [2.45, 2.75) is 30.1 Å². The van der Waals surface area contributed by atoms with Gasteiger partial charge in [0.05, 0.1) is 0 Å². The van der Waals surface area contributed by atoms with Gasteiger partial charge in [0.1, 0.15) is 0 Å². The van der Waals surface area contributed by atoms with Gasteiger partial charge in [-0.2, -0.15) is 0 Å². The first-order chi connectivity index (χ1) is 8.24. The van der Waals surface area contributed by atoms with Crippen molar-refractivity contribution in [1.82, 2.24) is 10.3 Å². The van der Waals surface area contributed by atoms with Crippen molar-refractivity contribution in [1.29, 1.82) is 0 Å². The standard InChI is InChI=1S/C13H15BrN2O/c14-8-3-4-10-9(6-8)13(17)7-12(16-10)11-2-1-5-15-11/h3-4,7-8,11,15H,1-2,5-6H2,(H,16,17)/t8?,11-/m0/s1. The first-order valence-electron chi connectivity index (χ1n) is 6.06. The molecule has 0 aromatic carbocycles. The van der Waals surface area contributed by atoms with E-state index in [4.69, 9.17) is 0 Å². The van der Waals surface area contributed by atoms with E-state index in [1.54, 1.807) is 6.07 Å². The molecule has 90 valence electrons.